The van der Waals surface area contributed by atoms with Crippen LogP contribution in [0, 0.1) is 3.57 Å². The number of hydrogen-bond donors (Lipinski definition) is 1. The van der Waals surface area contributed by atoms with Gasteiger partial charge in [-0.3, -0.25) is 9.69 Å². The number of hydrogen-bond acceptors (Lipinski definition) is 4. The topological polar surface area (TPSA) is 41.6 Å². The highest BCUT2D eigenvalue weighted by Crippen LogP contribution is 2.18. The molecule has 2 aromatic rings. The SMILES string of the molecule is O=C(CN(Cc1cccs1)C[C@@H]1CCCO1)Nc1cccc(I)c1. The van der Waals surface area contributed by atoms with E-state index < -0.39 is 0 Å². The quantitative estimate of drug-likeness (QED) is 0.642. The highest BCUT2D eigenvalue weighted by molar-refractivity contribution is 14.1. The van der Waals surface area contributed by atoms with Crippen LogP contribution in [0.3, 0.4) is 0 Å². The summed E-state index contributed by atoms with van der Waals surface area (Å²) in [6.07, 6.45) is 2.45. The largest absolute Gasteiger partial charge is 0.377 e. The standard InChI is InChI=1S/C18H21IN2O2S/c19-14-4-1-5-15(10-14)20-18(22)13-21(11-16-6-2-8-23-16)12-17-7-3-9-24-17/h1,3-5,7,9-10,16H,2,6,8,11-13H2,(H,20,22)/t16-/m0/s1. The minimum absolute atomic E-state index is 0.0200. The van der Waals surface area contributed by atoms with Gasteiger partial charge in [0.15, 0.2) is 0 Å². The zero-order chi connectivity index (χ0) is 16.8. The number of ether oxygens (including phenoxy) is 1. The van der Waals surface area contributed by atoms with Gasteiger partial charge in [0.25, 0.3) is 0 Å². The van der Waals surface area contributed by atoms with Crippen molar-refractivity contribution >= 4 is 45.5 Å². The van der Waals surface area contributed by atoms with E-state index in [1.54, 1.807) is 11.3 Å². The van der Waals surface area contributed by atoms with Crippen LogP contribution in [0.1, 0.15) is 17.7 Å². The van der Waals surface area contributed by atoms with E-state index in [0.717, 1.165) is 41.8 Å². The van der Waals surface area contributed by atoms with Crippen LogP contribution in [0.15, 0.2) is 41.8 Å². The number of nitrogens with zero attached hydrogens (tertiary/aromatic N) is 1. The molecule has 2 heterocycles. The van der Waals surface area contributed by atoms with Gasteiger partial charge in [0.1, 0.15) is 0 Å². The van der Waals surface area contributed by atoms with Gasteiger partial charge in [-0.2, -0.15) is 0 Å². The fraction of sp³-hybridized carbons (Fsp3) is 0.389. The normalized spacial score (nSPS) is 17.3. The van der Waals surface area contributed by atoms with Gasteiger partial charge in [0.2, 0.25) is 5.91 Å². The number of carbonyl (C=O) groups excluding carboxylic acids is 1. The molecule has 1 fully saturated rings. The Morgan fingerprint density at radius 3 is 3.00 bits per heavy atom. The summed E-state index contributed by atoms with van der Waals surface area (Å²) in [4.78, 5) is 15.9. The number of halogens is 1. The van der Waals surface area contributed by atoms with Crippen LogP contribution in [-0.4, -0.2) is 36.6 Å². The minimum Gasteiger partial charge on any atom is -0.377 e. The second-order valence-electron chi connectivity index (χ2n) is 5.94. The highest BCUT2D eigenvalue weighted by Gasteiger charge is 2.21. The van der Waals surface area contributed by atoms with Gasteiger partial charge >= 0.3 is 0 Å². The summed E-state index contributed by atoms with van der Waals surface area (Å²) >= 11 is 3.98. The van der Waals surface area contributed by atoms with Crippen LogP contribution < -0.4 is 5.32 Å². The molecule has 1 amide bonds. The third-order valence-corrected chi connectivity index (χ3v) is 5.45. The van der Waals surface area contributed by atoms with E-state index in [0.29, 0.717) is 6.54 Å². The number of carbonyl (C=O) groups is 1. The molecule has 1 N–H and O–H groups in total. The molecule has 1 aromatic carbocycles. The van der Waals surface area contributed by atoms with E-state index in [9.17, 15) is 4.79 Å². The summed E-state index contributed by atoms with van der Waals surface area (Å²) in [7, 11) is 0. The predicted molar refractivity (Wildman–Crippen MR) is 106 cm³/mol. The number of rotatable bonds is 7. The lowest BCUT2D eigenvalue weighted by Gasteiger charge is -2.24. The lowest BCUT2D eigenvalue weighted by Crippen LogP contribution is -2.37. The summed E-state index contributed by atoms with van der Waals surface area (Å²) in [6, 6.07) is 12.0. The number of thiophene rings is 1. The summed E-state index contributed by atoms with van der Waals surface area (Å²) in [5, 5.41) is 5.07. The number of amides is 1. The molecule has 3 rings (SSSR count). The maximum atomic E-state index is 12.4. The summed E-state index contributed by atoms with van der Waals surface area (Å²) < 4.78 is 6.86. The third kappa shape index (κ3) is 5.54. The van der Waals surface area contributed by atoms with Crippen LogP contribution in [-0.2, 0) is 16.1 Å². The molecule has 0 spiro atoms. The zero-order valence-corrected chi connectivity index (χ0v) is 16.4. The summed E-state index contributed by atoms with van der Waals surface area (Å²) in [5.74, 6) is 0.0200. The van der Waals surface area contributed by atoms with Crippen molar-refractivity contribution in [2.24, 2.45) is 0 Å². The monoisotopic (exact) mass is 456 g/mol. The van der Waals surface area contributed by atoms with Gasteiger partial charge in [-0.15, -0.1) is 11.3 Å². The Bertz CT molecular complexity index is 657. The lowest BCUT2D eigenvalue weighted by molar-refractivity contribution is -0.117. The van der Waals surface area contributed by atoms with Crippen molar-refractivity contribution in [1.29, 1.82) is 0 Å². The average Bonchev–Trinajstić information content (AvgIpc) is 3.21. The second kappa shape index (κ2) is 8.94. The third-order valence-electron chi connectivity index (χ3n) is 3.92. The number of benzene rings is 1. The molecule has 4 nitrogen and oxygen atoms in total. The Hall–Kier alpha value is -0.960. The van der Waals surface area contributed by atoms with Gasteiger partial charge in [0.05, 0.1) is 12.6 Å². The van der Waals surface area contributed by atoms with Crippen molar-refractivity contribution < 1.29 is 9.53 Å². The minimum atomic E-state index is 0.0200. The van der Waals surface area contributed by atoms with E-state index in [1.807, 2.05) is 24.3 Å². The zero-order valence-electron chi connectivity index (χ0n) is 13.4. The van der Waals surface area contributed by atoms with E-state index in [2.05, 4.69) is 50.3 Å². The first-order valence-corrected chi connectivity index (χ1v) is 10.1. The Morgan fingerprint density at radius 1 is 1.38 bits per heavy atom. The van der Waals surface area contributed by atoms with Gasteiger partial charge in [-0.05, 0) is 65.1 Å². The first-order chi connectivity index (χ1) is 11.7. The first kappa shape index (κ1) is 17.8. The smallest absolute Gasteiger partial charge is 0.238 e. The van der Waals surface area contributed by atoms with Gasteiger partial charge < -0.3 is 10.1 Å². The van der Waals surface area contributed by atoms with Crippen LogP contribution in [0.4, 0.5) is 5.69 Å². The van der Waals surface area contributed by atoms with Crippen LogP contribution >= 0.6 is 33.9 Å². The molecule has 6 heteroatoms. The molecule has 0 radical (unpaired) electrons. The molecule has 0 bridgehead atoms. The average molecular weight is 456 g/mol. The lowest BCUT2D eigenvalue weighted by atomic mass is 10.2. The van der Waals surface area contributed by atoms with Crippen LogP contribution in [0.2, 0.25) is 0 Å². The van der Waals surface area contributed by atoms with Gasteiger partial charge in [-0.1, -0.05) is 12.1 Å². The summed E-state index contributed by atoms with van der Waals surface area (Å²) in [6.45, 7) is 2.81. The number of anilines is 1. The van der Waals surface area contributed by atoms with Crippen molar-refractivity contribution in [3.05, 3.63) is 50.2 Å². The van der Waals surface area contributed by atoms with E-state index in [4.69, 9.17) is 4.74 Å². The van der Waals surface area contributed by atoms with Gasteiger partial charge in [0, 0.05) is 33.8 Å². The molecular weight excluding hydrogens is 435 g/mol. The maximum Gasteiger partial charge on any atom is 0.238 e. The predicted octanol–water partition coefficient (Wildman–Crippen LogP) is 3.97. The van der Waals surface area contributed by atoms with E-state index in [1.165, 1.54) is 4.88 Å². The molecule has 1 saturated heterocycles. The Labute approximate surface area is 160 Å². The van der Waals surface area contributed by atoms with Crippen LogP contribution in [0.25, 0.3) is 0 Å². The molecule has 1 aliphatic heterocycles. The van der Waals surface area contributed by atoms with Gasteiger partial charge in [-0.25, -0.2) is 0 Å². The molecule has 0 unspecified atom stereocenters. The molecule has 1 aliphatic rings. The number of nitrogens with one attached hydrogen (secondary N) is 1. The van der Waals surface area contributed by atoms with Crippen molar-refractivity contribution in [2.45, 2.75) is 25.5 Å². The van der Waals surface area contributed by atoms with Crippen molar-refractivity contribution in [3.63, 3.8) is 0 Å². The Balaban J connectivity index is 1.60. The molecule has 128 valence electrons. The fourth-order valence-corrected chi connectivity index (χ4v) is 4.14. The van der Waals surface area contributed by atoms with Crippen molar-refractivity contribution in [1.82, 2.24) is 4.90 Å². The second-order valence-corrected chi connectivity index (χ2v) is 8.22. The molecule has 24 heavy (non-hydrogen) atoms. The molecule has 1 atom stereocenters. The van der Waals surface area contributed by atoms with Crippen molar-refractivity contribution in [3.8, 4) is 0 Å². The van der Waals surface area contributed by atoms with E-state index >= 15 is 0 Å². The maximum absolute atomic E-state index is 12.4. The van der Waals surface area contributed by atoms with E-state index in [-0.39, 0.29) is 12.0 Å². The summed E-state index contributed by atoms with van der Waals surface area (Å²) in [5.41, 5.74) is 0.847. The molecule has 1 aromatic heterocycles. The molecular formula is C18H21IN2O2S. The Morgan fingerprint density at radius 2 is 2.29 bits per heavy atom. The Kier molecular flexibility index (Phi) is 6.65. The van der Waals surface area contributed by atoms with Crippen molar-refractivity contribution in [2.75, 3.05) is 25.0 Å². The van der Waals surface area contributed by atoms with Crippen LogP contribution in [0.5, 0.6) is 0 Å². The molecule has 0 saturated carbocycles. The molecule has 0 aliphatic carbocycles. The highest BCUT2D eigenvalue weighted by atomic mass is 127. The fourth-order valence-electron chi connectivity index (χ4n) is 2.85. The first-order valence-electron chi connectivity index (χ1n) is 8.11.